The van der Waals surface area contributed by atoms with Crippen LogP contribution in [0, 0.1) is 5.41 Å². The quantitative estimate of drug-likeness (QED) is 0.198. The van der Waals surface area contributed by atoms with Crippen LogP contribution in [-0.4, -0.2) is 81.2 Å². The van der Waals surface area contributed by atoms with Crippen molar-refractivity contribution in [2.75, 3.05) is 19.9 Å². The minimum absolute atomic E-state index is 0. The molecule has 3 aliphatic rings. The summed E-state index contributed by atoms with van der Waals surface area (Å²) in [6.45, 7) is 14.6. The van der Waals surface area contributed by atoms with E-state index in [1.54, 1.807) is 37.4 Å². The summed E-state index contributed by atoms with van der Waals surface area (Å²) in [7, 11) is 0. The summed E-state index contributed by atoms with van der Waals surface area (Å²) in [5.74, 6) is -1.10. The molecule has 8 nitrogen and oxygen atoms in total. The molecule has 0 N–H and O–H groups in total. The first kappa shape index (κ1) is 25.8. The van der Waals surface area contributed by atoms with Crippen LogP contribution in [0.2, 0.25) is 0 Å². The van der Waals surface area contributed by atoms with Crippen molar-refractivity contribution in [2.45, 2.75) is 82.5 Å². The number of hydrogen-bond donors (Lipinski definition) is 0. The van der Waals surface area contributed by atoms with Crippen LogP contribution in [0.3, 0.4) is 0 Å². The van der Waals surface area contributed by atoms with Crippen molar-refractivity contribution in [3.63, 3.8) is 0 Å². The lowest BCUT2D eigenvalue weighted by molar-refractivity contribution is -0.708. The molecule has 31 heavy (non-hydrogen) atoms. The smallest absolute Gasteiger partial charge is 0.333 e. The predicted molar refractivity (Wildman–Crippen MR) is 121 cm³/mol. The number of carbonyl (C=O) groups excluding carboxylic acids is 3. The molecule has 10 heteroatoms. The molecular weight excluding hydrogens is 442 g/mol. The molecule has 0 aliphatic carbocycles. The molecule has 0 radical (unpaired) electrons. The minimum atomic E-state index is -0.720. The van der Waals surface area contributed by atoms with Crippen molar-refractivity contribution in [1.82, 2.24) is 9.91 Å². The Kier molecular flexibility index (Phi) is 7.95. The lowest BCUT2D eigenvalue weighted by atomic mass is 9.96. The Morgan fingerprint density at radius 2 is 1.74 bits per heavy atom. The monoisotopic (exact) mass is 476 g/mol. The van der Waals surface area contributed by atoms with E-state index in [0.29, 0.717) is 0 Å². The van der Waals surface area contributed by atoms with Crippen molar-refractivity contribution >= 4 is 48.7 Å². The van der Waals surface area contributed by atoms with Crippen molar-refractivity contribution in [3.05, 3.63) is 0 Å². The maximum Gasteiger partial charge on any atom is 0.333 e. The van der Waals surface area contributed by atoms with Gasteiger partial charge >= 0.3 is 11.9 Å². The van der Waals surface area contributed by atoms with Gasteiger partial charge in [-0.05, 0) is 47.5 Å². The highest BCUT2D eigenvalue weighted by atomic mass is 35.5. The minimum Gasteiger partial charge on any atom is -0.427 e. The third-order valence-corrected chi connectivity index (χ3v) is 7.46. The van der Waals surface area contributed by atoms with Crippen molar-refractivity contribution in [1.29, 1.82) is 0 Å². The van der Waals surface area contributed by atoms with Crippen LogP contribution >= 0.6 is 24.2 Å². The largest absolute Gasteiger partial charge is 0.427 e. The van der Waals surface area contributed by atoms with Gasteiger partial charge < -0.3 is 14.4 Å². The molecular formula is C21H35ClN3O5S+. The van der Waals surface area contributed by atoms with E-state index in [-0.39, 0.29) is 29.7 Å². The van der Waals surface area contributed by atoms with Gasteiger partial charge in [-0.1, -0.05) is 12.8 Å². The van der Waals surface area contributed by atoms with Gasteiger partial charge in [0.15, 0.2) is 12.1 Å². The van der Waals surface area contributed by atoms with Crippen LogP contribution in [-0.2, 0) is 23.9 Å². The van der Waals surface area contributed by atoms with E-state index in [0.717, 1.165) is 25.9 Å². The normalized spacial score (nSPS) is 27.4. The van der Waals surface area contributed by atoms with E-state index in [1.807, 2.05) is 18.5 Å². The Bertz CT molecular complexity index is 731. The number of fused-ring (bicyclic) bond motifs is 1. The maximum absolute atomic E-state index is 13.0. The Balaban J connectivity index is 0.00000341. The highest BCUT2D eigenvalue weighted by molar-refractivity contribution is 8.01. The Morgan fingerprint density at radius 3 is 2.29 bits per heavy atom. The molecule has 0 aromatic rings. The Labute approximate surface area is 195 Å². The summed E-state index contributed by atoms with van der Waals surface area (Å²) in [5, 5.41) is 2.01. The molecule has 176 valence electrons. The number of hydrazone groups is 1. The van der Waals surface area contributed by atoms with Gasteiger partial charge in [0.1, 0.15) is 6.04 Å². The molecule has 3 heterocycles. The van der Waals surface area contributed by atoms with Crippen LogP contribution in [0.5, 0.6) is 0 Å². The molecule has 0 bridgehead atoms. The average molecular weight is 477 g/mol. The fourth-order valence-electron chi connectivity index (χ4n) is 4.17. The molecule has 0 aromatic carbocycles. The number of halogens is 1. The van der Waals surface area contributed by atoms with E-state index in [2.05, 4.69) is 11.7 Å². The maximum atomic E-state index is 13.0. The number of amides is 1. The van der Waals surface area contributed by atoms with E-state index in [9.17, 15) is 14.4 Å². The first-order valence-corrected chi connectivity index (χ1v) is 11.5. The van der Waals surface area contributed by atoms with Gasteiger partial charge in [0, 0.05) is 4.75 Å². The Morgan fingerprint density at radius 1 is 1.16 bits per heavy atom. The number of nitrogens with zero attached hydrogens (tertiary/aromatic N) is 3. The van der Waals surface area contributed by atoms with Gasteiger partial charge in [-0.25, -0.2) is 4.79 Å². The molecule has 0 aromatic heterocycles. The predicted octanol–water partition coefficient (Wildman–Crippen LogP) is 2.43. The van der Waals surface area contributed by atoms with Crippen LogP contribution in [0.25, 0.3) is 0 Å². The zero-order valence-electron chi connectivity index (χ0n) is 19.1. The summed E-state index contributed by atoms with van der Waals surface area (Å²) in [4.78, 5) is 39.3. The molecule has 3 fully saturated rings. The lowest BCUT2D eigenvalue weighted by Gasteiger charge is -2.41. The Hall–Kier alpha value is -1.48. The van der Waals surface area contributed by atoms with Crippen LogP contribution in [0.15, 0.2) is 0 Å². The van der Waals surface area contributed by atoms with Gasteiger partial charge in [-0.15, -0.1) is 28.9 Å². The highest BCUT2D eigenvalue weighted by Gasteiger charge is 2.69. The van der Waals surface area contributed by atoms with E-state index < -0.39 is 34.9 Å². The fraction of sp³-hybridized carbons (Fsp3) is 0.810. The van der Waals surface area contributed by atoms with Crippen LogP contribution in [0.1, 0.15) is 60.3 Å². The second kappa shape index (κ2) is 9.57. The van der Waals surface area contributed by atoms with Crippen molar-refractivity contribution in [2.24, 2.45) is 5.41 Å². The lowest BCUT2D eigenvalue weighted by Crippen LogP contribution is -2.70. The van der Waals surface area contributed by atoms with Gasteiger partial charge in [0.05, 0.1) is 18.5 Å². The molecule has 3 aliphatic heterocycles. The molecule has 0 unspecified atom stereocenters. The number of carbonyl (C=O) groups is 3. The summed E-state index contributed by atoms with van der Waals surface area (Å²) in [6, 6.07) is -1.09. The first-order valence-electron chi connectivity index (χ1n) is 10.6. The molecule has 3 atom stereocenters. The number of β-lactam (4-membered cyclic amide) rings is 1. The molecule has 0 saturated carbocycles. The van der Waals surface area contributed by atoms with Crippen LogP contribution in [0.4, 0.5) is 0 Å². The number of ether oxygens (including phenoxy) is 2. The number of thioether (sulfide) groups is 1. The third kappa shape index (κ3) is 5.13. The zero-order chi connectivity index (χ0) is 22.3. The topological polar surface area (TPSA) is 79.2 Å². The highest BCUT2D eigenvalue weighted by Crippen LogP contribution is 2.51. The second-order valence-corrected chi connectivity index (χ2v) is 11.5. The number of esters is 2. The van der Waals surface area contributed by atoms with Crippen LogP contribution < -0.4 is 0 Å². The van der Waals surface area contributed by atoms with Crippen molar-refractivity contribution in [3.8, 4) is 0 Å². The summed E-state index contributed by atoms with van der Waals surface area (Å²) in [6.07, 6.45) is 4.60. The van der Waals surface area contributed by atoms with Crippen molar-refractivity contribution < 1.29 is 28.5 Å². The van der Waals surface area contributed by atoms with Gasteiger partial charge in [-0.3, -0.25) is 9.59 Å². The molecule has 0 spiro atoms. The number of hydrazine groups is 1. The first-order chi connectivity index (χ1) is 13.9. The van der Waals surface area contributed by atoms with E-state index >= 15 is 0 Å². The number of rotatable bonds is 5. The summed E-state index contributed by atoms with van der Waals surface area (Å²) >= 11 is 1.60. The molecule has 1 amide bonds. The molecule has 3 rings (SSSR count). The SMILES string of the molecule is C=[N+]([C@@H]1C(=O)N2[C@@H]1SC(C)(C)[C@@H]2C(=O)OCOC(=O)C(C)(C)C)N1CCCCCC1.Cl. The fourth-order valence-corrected chi connectivity index (χ4v) is 5.86. The summed E-state index contributed by atoms with van der Waals surface area (Å²) in [5.41, 5.74) is -0.675. The van der Waals surface area contributed by atoms with E-state index in [1.165, 1.54) is 12.8 Å². The van der Waals surface area contributed by atoms with Gasteiger partial charge in [-0.2, -0.15) is 5.01 Å². The number of hydrogen-bond acceptors (Lipinski definition) is 7. The average Bonchev–Trinajstić information content (AvgIpc) is 2.82. The molecule has 3 saturated heterocycles. The van der Waals surface area contributed by atoms with E-state index in [4.69, 9.17) is 9.47 Å². The summed E-state index contributed by atoms with van der Waals surface area (Å²) < 4.78 is 11.6. The second-order valence-electron chi connectivity index (χ2n) is 9.78. The van der Waals surface area contributed by atoms with Gasteiger partial charge in [0.25, 0.3) is 11.9 Å². The standard InChI is InChI=1S/C21H34N3O5S.ClH/c1-20(2,3)19(27)29-13-28-18(26)15-21(4,5)30-17-14(16(25)24(15)17)22(6)23-11-9-7-8-10-12-23;/h14-15,17H,6-13H2,1-5H3;1H/q+1;/t14-,15+,17-;/m1./s1. The van der Waals surface area contributed by atoms with Gasteiger partial charge in [0.2, 0.25) is 6.79 Å². The zero-order valence-corrected chi connectivity index (χ0v) is 20.7. The third-order valence-electron chi connectivity index (χ3n) is 5.91.